The van der Waals surface area contributed by atoms with Crippen molar-refractivity contribution in [1.29, 1.82) is 0 Å². The monoisotopic (exact) mass is 279 g/mol. The van der Waals surface area contributed by atoms with E-state index in [1.165, 1.54) is 0 Å². The number of hydrogen-bond acceptors (Lipinski definition) is 3. The van der Waals surface area contributed by atoms with Gasteiger partial charge < -0.3 is 10.0 Å². The van der Waals surface area contributed by atoms with Gasteiger partial charge in [-0.1, -0.05) is 6.92 Å². The minimum Gasteiger partial charge on any atom is -0.396 e. The molecule has 0 saturated carbocycles. The normalized spacial score (nSPS) is 18.2. The molecule has 0 unspecified atom stereocenters. The first kappa shape index (κ1) is 15.0. The van der Waals surface area contributed by atoms with E-state index in [1.54, 1.807) is 0 Å². The smallest absolute Gasteiger partial charge is 0.224 e. The number of aliphatic hydroxyl groups is 1. The fraction of sp³-hybridized carbons (Fsp3) is 0.733. The number of nitrogens with zero attached hydrogens (tertiary/aromatic N) is 3. The van der Waals surface area contributed by atoms with E-state index in [1.807, 2.05) is 28.9 Å². The van der Waals surface area contributed by atoms with E-state index in [2.05, 4.69) is 12.0 Å². The molecule has 20 heavy (non-hydrogen) atoms. The lowest BCUT2D eigenvalue weighted by Crippen LogP contribution is -2.44. The molecule has 1 saturated heterocycles. The molecule has 1 aliphatic heterocycles. The molecule has 2 heterocycles. The zero-order valence-corrected chi connectivity index (χ0v) is 12.5. The van der Waals surface area contributed by atoms with Gasteiger partial charge in [0.15, 0.2) is 0 Å². The molecule has 0 bridgehead atoms. The van der Waals surface area contributed by atoms with E-state index in [-0.39, 0.29) is 17.9 Å². The maximum Gasteiger partial charge on any atom is 0.224 e. The molecule has 1 amide bonds. The van der Waals surface area contributed by atoms with Gasteiger partial charge in [-0.15, -0.1) is 0 Å². The van der Waals surface area contributed by atoms with Gasteiger partial charge in [0.25, 0.3) is 0 Å². The molecule has 0 spiro atoms. The van der Waals surface area contributed by atoms with Crippen molar-refractivity contribution >= 4 is 5.91 Å². The van der Waals surface area contributed by atoms with E-state index in [4.69, 9.17) is 0 Å². The number of amides is 1. The topological polar surface area (TPSA) is 58.4 Å². The highest BCUT2D eigenvalue weighted by Crippen LogP contribution is 2.34. The average Bonchev–Trinajstić information content (AvgIpc) is 2.90. The fourth-order valence-electron chi connectivity index (χ4n) is 2.81. The molecule has 1 aromatic heterocycles. The summed E-state index contributed by atoms with van der Waals surface area (Å²) in [5, 5.41) is 13.7. The van der Waals surface area contributed by atoms with Crippen LogP contribution in [0.15, 0.2) is 12.4 Å². The lowest BCUT2D eigenvalue weighted by Gasteiger charge is -2.40. The Kier molecular flexibility index (Phi) is 4.81. The van der Waals surface area contributed by atoms with E-state index >= 15 is 0 Å². The van der Waals surface area contributed by atoms with E-state index in [9.17, 15) is 9.90 Å². The van der Waals surface area contributed by atoms with Crippen molar-refractivity contribution in [3.63, 3.8) is 0 Å². The number of likely N-dealkylation sites (tertiary alicyclic amines) is 1. The molecule has 1 fully saturated rings. The standard InChI is InChI=1S/C15H25N3O2/c1-3-15(12-19)5-8-17(9-6-15)14(20)4-7-18-11-13(2)10-16-18/h10-11,19H,3-9,12H2,1-2H3. The molecule has 0 aromatic carbocycles. The number of carbonyl (C=O) groups excluding carboxylic acids is 1. The van der Waals surface area contributed by atoms with Crippen LogP contribution in [0.3, 0.4) is 0 Å². The highest BCUT2D eigenvalue weighted by molar-refractivity contribution is 5.76. The Bertz CT molecular complexity index is 442. The highest BCUT2D eigenvalue weighted by atomic mass is 16.3. The largest absolute Gasteiger partial charge is 0.396 e. The third-order valence-electron chi connectivity index (χ3n) is 4.58. The Morgan fingerprint density at radius 1 is 1.45 bits per heavy atom. The van der Waals surface area contributed by atoms with Crippen molar-refractivity contribution in [3.05, 3.63) is 18.0 Å². The molecule has 112 valence electrons. The predicted molar refractivity (Wildman–Crippen MR) is 77.2 cm³/mol. The van der Waals surface area contributed by atoms with Gasteiger partial charge in [0, 0.05) is 38.9 Å². The second kappa shape index (κ2) is 6.39. The number of carbonyl (C=O) groups is 1. The minimum absolute atomic E-state index is 0.0376. The molecule has 0 aliphatic carbocycles. The van der Waals surface area contributed by atoms with Crippen LogP contribution in [0.2, 0.25) is 0 Å². The molecule has 0 radical (unpaired) electrons. The number of aromatic nitrogens is 2. The van der Waals surface area contributed by atoms with Gasteiger partial charge in [-0.2, -0.15) is 5.10 Å². The Hall–Kier alpha value is -1.36. The molecular formula is C15H25N3O2. The summed E-state index contributed by atoms with van der Waals surface area (Å²) in [6.07, 6.45) is 7.07. The summed E-state index contributed by atoms with van der Waals surface area (Å²) in [6.45, 7) is 6.53. The zero-order chi connectivity index (χ0) is 14.6. The number of aryl methyl sites for hydroxylation is 2. The maximum absolute atomic E-state index is 12.2. The van der Waals surface area contributed by atoms with Gasteiger partial charge >= 0.3 is 0 Å². The fourth-order valence-corrected chi connectivity index (χ4v) is 2.81. The second-order valence-electron chi connectivity index (χ2n) is 5.92. The number of hydrogen-bond donors (Lipinski definition) is 1. The van der Waals surface area contributed by atoms with Crippen LogP contribution in [-0.4, -0.2) is 45.4 Å². The molecular weight excluding hydrogens is 254 g/mol. The van der Waals surface area contributed by atoms with Gasteiger partial charge in [0.1, 0.15) is 0 Å². The van der Waals surface area contributed by atoms with Crippen molar-refractivity contribution in [1.82, 2.24) is 14.7 Å². The van der Waals surface area contributed by atoms with E-state index < -0.39 is 0 Å². The van der Waals surface area contributed by atoms with Gasteiger partial charge in [0.2, 0.25) is 5.91 Å². The van der Waals surface area contributed by atoms with Gasteiger partial charge in [-0.25, -0.2) is 0 Å². The highest BCUT2D eigenvalue weighted by Gasteiger charge is 2.33. The van der Waals surface area contributed by atoms with Crippen LogP contribution in [0.25, 0.3) is 0 Å². The minimum atomic E-state index is 0.0376. The Morgan fingerprint density at radius 2 is 2.15 bits per heavy atom. The summed E-state index contributed by atoms with van der Waals surface area (Å²) in [5.74, 6) is 0.195. The van der Waals surface area contributed by atoms with Crippen LogP contribution in [0.4, 0.5) is 0 Å². The van der Waals surface area contributed by atoms with E-state index in [0.29, 0.717) is 13.0 Å². The molecule has 5 heteroatoms. The Labute approximate surface area is 120 Å². The SMILES string of the molecule is CCC1(CO)CCN(C(=O)CCn2cc(C)cn2)CC1. The van der Waals surface area contributed by atoms with Crippen LogP contribution in [-0.2, 0) is 11.3 Å². The number of aliphatic hydroxyl groups excluding tert-OH is 1. The summed E-state index contributed by atoms with van der Waals surface area (Å²) in [7, 11) is 0. The lowest BCUT2D eigenvalue weighted by atomic mass is 9.77. The van der Waals surface area contributed by atoms with Crippen LogP contribution < -0.4 is 0 Å². The number of piperidine rings is 1. The van der Waals surface area contributed by atoms with Gasteiger partial charge in [-0.05, 0) is 37.2 Å². The molecule has 1 aromatic rings. The molecule has 0 atom stereocenters. The van der Waals surface area contributed by atoms with Crippen molar-refractivity contribution in [2.24, 2.45) is 5.41 Å². The first-order valence-electron chi connectivity index (χ1n) is 7.46. The number of rotatable bonds is 5. The van der Waals surface area contributed by atoms with Crippen LogP contribution in [0, 0.1) is 12.3 Å². The maximum atomic E-state index is 12.2. The zero-order valence-electron chi connectivity index (χ0n) is 12.5. The van der Waals surface area contributed by atoms with Crippen molar-refractivity contribution in [3.8, 4) is 0 Å². The van der Waals surface area contributed by atoms with Crippen LogP contribution in [0.1, 0.15) is 38.2 Å². The molecule has 2 rings (SSSR count). The first-order chi connectivity index (χ1) is 9.58. The van der Waals surface area contributed by atoms with Crippen molar-refractivity contribution in [2.75, 3.05) is 19.7 Å². The first-order valence-corrected chi connectivity index (χ1v) is 7.46. The summed E-state index contributed by atoms with van der Waals surface area (Å²) < 4.78 is 1.82. The summed E-state index contributed by atoms with van der Waals surface area (Å²) in [4.78, 5) is 14.1. The average molecular weight is 279 g/mol. The third-order valence-corrected chi connectivity index (χ3v) is 4.58. The Morgan fingerprint density at radius 3 is 2.65 bits per heavy atom. The predicted octanol–water partition coefficient (Wildman–Crippen LogP) is 1.59. The van der Waals surface area contributed by atoms with Crippen LogP contribution in [0.5, 0.6) is 0 Å². The summed E-state index contributed by atoms with van der Waals surface area (Å²) >= 11 is 0. The molecule has 1 N–H and O–H groups in total. The van der Waals surface area contributed by atoms with Crippen molar-refractivity contribution < 1.29 is 9.90 Å². The van der Waals surface area contributed by atoms with E-state index in [0.717, 1.165) is 37.9 Å². The van der Waals surface area contributed by atoms with Crippen molar-refractivity contribution in [2.45, 2.75) is 46.1 Å². The molecule has 5 nitrogen and oxygen atoms in total. The second-order valence-corrected chi connectivity index (χ2v) is 5.92. The summed E-state index contributed by atoms with van der Waals surface area (Å²) in [5.41, 5.74) is 1.15. The quantitative estimate of drug-likeness (QED) is 0.890. The summed E-state index contributed by atoms with van der Waals surface area (Å²) in [6, 6.07) is 0. The lowest BCUT2D eigenvalue weighted by molar-refractivity contribution is -0.134. The van der Waals surface area contributed by atoms with Gasteiger partial charge in [0.05, 0.1) is 6.20 Å². The Balaban J connectivity index is 1.80. The van der Waals surface area contributed by atoms with Gasteiger partial charge in [-0.3, -0.25) is 9.48 Å². The molecule has 1 aliphatic rings. The van der Waals surface area contributed by atoms with Crippen LogP contribution >= 0.6 is 0 Å². The third kappa shape index (κ3) is 3.39.